The molecule has 32 heavy (non-hydrogen) atoms. The number of nitrogens with zero attached hydrogens (tertiary/aromatic N) is 3. The van der Waals surface area contributed by atoms with E-state index in [0.29, 0.717) is 12.2 Å². The molecule has 0 bridgehead atoms. The van der Waals surface area contributed by atoms with Crippen LogP contribution in [0.3, 0.4) is 0 Å². The van der Waals surface area contributed by atoms with Gasteiger partial charge in [0.05, 0.1) is 12.2 Å². The topological polar surface area (TPSA) is 67.2 Å². The van der Waals surface area contributed by atoms with Crippen LogP contribution in [-0.2, 0) is 11.3 Å². The third kappa shape index (κ3) is 6.11. The maximum Gasteiger partial charge on any atom is 0.285 e. The third-order valence-electron chi connectivity index (χ3n) is 4.98. The first-order chi connectivity index (χ1) is 15.2. The van der Waals surface area contributed by atoms with Gasteiger partial charge in [-0.15, -0.1) is 0 Å². The van der Waals surface area contributed by atoms with Crippen molar-refractivity contribution in [1.82, 2.24) is 14.7 Å². The van der Waals surface area contributed by atoms with E-state index in [1.54, 1.807) is 32.3 Å². The molecule has 0 saturated heterocycles. The van der Waals surface area contributed by atoms with Gasteiger partial charge in [-0.05, 0) is 68.4 Å². The number of hydrogen-bond acceptors (Lipinski definition) is 4. The molecule has 0 radical (unpaired) electrons. The molecule has 7 heteroatoms. The van der Waals surface area contributed by atoms with E-state index < -0.39 is 0 Å². The molecule has 3 aromatic rings. The quantitative estimate of drug-likeness (QED) is 0.411. The molecule has 3 rings (SSSR count). The maximum atomic E-state index is 12.4. The largest absolute Gasteiger partial charge is 0.339 e. The lowest BCUT2D eigenvalue weighted by molar-refractivity contribution is -0.111. The van der Waals surface area contributed by atoms with Crippen molar-refractivity contribution in [2.24, 2.45) is 0 Å². The molecule has 0 unspecified atom stereocenters. The Morgan fingerprint density at radius 1 is 1.03 bits per heavy atom. The molecule has 0 atom stereocenters. The van der Waals surface area contributed by atoms with Crippen LogP contribution in [0.5, 0.6) is 0 Å². The zero-order valence-corrected chi connectivity index (χ0v) is 19.9. The van der Waals surface area contributed by atoms with Crippen molar-refractivity contribution in [1.29, 1.82) is 0 Å². The van der Waals surface area contributed by atoms with Gasteiger partial charge < -0.3 is 10.2 Å². The minimum atomic E-state index is -0.222. The van der Waals surface area contributed by atoms with E-state index in [-0.39, 0.29) is 11.1 Å². The second kappa shape index (κ2) is 10.3. The lowest BCUT2D eigenvalue weighted by atomic mass is 10.1. The van der Waals surface area contributed by atoms with Gasteiger partial charge in [0.15, 0.2) is 0 Å². The fourth-order valence-corrected chi connectivity index (χ4v) is 3.77. The van der Waals surface area contributed by atoms with E-state index >= 15 is 0 Å². The molecular weight excluding hydrogens is 420 g/mol. The van der Waals surface area contributed by atoms with Gasteiger partial charge in [0.1, 0.15) is 0 Å². The number of anilines is 1. The van der Waals surface area contributed by atoms with E-state index in [1.165, 1.54) is 22.1 Å². The van der Waals surface area contributed by atoms with Crippen molar-refractivity contribution in [3.63, 3.8) is 0 Å². The lowest BCUT2D eigenvalue weighted by Gasteiger charge is -2.09. The monoisotopic (exact) mass is 448 g/mol. The second-order valence-electron chi connectivity index (χ2n) is 7.84. The summed E-state index contributed by atoms with van der Waals surface area (Å²) in [5, 5.41) is 7.44. The maximum absolute atomic E-state index is 12.4. The van der Waals surface area contributed by atoms with Crippen LogP contribution in [0.15, 0.2) is 59.5 Å². The number of rotatable bonds is 6. The number of hydrogen-bond donors (Lipinski definition) is 1. The van der Waals surface area contributed by atoms with Gasteiger partial charge in [0.25, 0.3) is 5.24 Å². The van der Waals surface area contributed by atoms with Crippen LogP contribution in [0, 0.1) is 20.8 Å². The van der Waals surface area contributed by atoms with Gasteiger partial charge in [-0.3, -0.25) is 14.3 Å². The molecule has 0 aliphatic carbocycles. The Kier molecular flexibility index (Phi) is 7.53. The molecule has 0 fully saturated rings. The molecule has 2 amide bonds. The van der Waals surface area contributed by atoms with Gasteiger partial charge in [-0.2, -0.15) is 5.10 Å². The Labute approximate surface area is 193 Å². The molecule has 0 saturated carbocycles. The fourth-order valence-electron chi connectivity index (χ4n) is 3.11. The highest BCUT2D eigenvalue weighted by Crippen LogP contribution is 2.22. The van der Waals surface area contributed by atoms with Crippen molar-refractivity contribution in [3.8, 4) is 0 Å². The SMILES string of the molecule is Cc1ccc(Cn2nc(C)c(/C=C/C(=O)Nc3ccc(SC(=O)N(C)C)cc3)c2C)cc1. The molecule has 0 aliphatic heterocycles. The first-order valence-electron chi connectivity index (χ1n) is 10.3. The summed E-state index contributed by atoms with van der Waals surface area (Å²) in [5.41, 5.74) is 5.92. The molecule has 0 aliphatic rings. The molecule has 2 aromatic carbocycles. The van der Waals surface area contributed by atoms with Crippen LogP contribution < -0.4 is 5.32 Å². The van der Waals surface area contributed by atoms with Crippen molar-refractivity contribution in [2.45, 2.75) is 32.2 Å². The Balaban J connectivity index is 1.63. The summed E-state index contributed by atoms with van der Waals surface area (Å²) in [6.07, 6.45) is 3.32. The number of carbonyl (C=O) groups is 2. The average molecular weight is 449 g/mol. The summed E-state index contributed by atoms with van der Waals surface area (Å²) in [4.78, 5) is 26.5. The lowest BCUT2D eigenvalue weighted by Crippen LogP contribution is -2.16. The van der Waals surface area contributed by atoms with Crippen LogP contribution in [0.1, 0.15) is 28.1 Å². The molecule has 0 spiro atoms. The number of aryl methyl sites for hydroxylation is 2. The standard InChI is InChI=1S/C25H28N4O2S/c1-17-6-8-20(9-7-17)16-29-19(3)23(18(2)27-29)14-15-24(30)26-21-10-12-22(13-11-21)32-25(31)28(4)5/h6-15H,16H2,1-5H3,(H,26,30)/b15-14+. The van der Waals surface area contributed by atoms with Crippen LogP contribution in [0.25, 0.3) is 6.08 Å². The van der Waals surface area contributed by atoms with E-state index in [2.05, 4.69) is 41.6 Å². The first kappa shape index (κ1) is 23.3. The molecular formula is C25H28N4O2S. The summed E-state index contributed by atoms with van der Waals surface area (Å²) in [6, 6.07) is 15.6. The highest BCUT2D eigenvalue weighted by molar-refractivity contribution is 8.13. The van der Waals surface area contributed by atoms with Crippen molar-refractivity contribution < 1.29 is 9.59 Å². The smallest absolute Gasteiger partial charge is 0.285 e. The molecule has 6 nitrogen and oxygen atoms in total. The van der Waals surface area contributed by atoms with Gasteiger partial charge in [-0.25, -0.2) is 0 Å². The number of thioether (sulfide) groups is 1. The van der Waals surface area contributed by atoms with Crippen LogP contribution in [0.4, 0.5) is 10.5 Å². The van der Waals surface area contributed by atoms with E-state index in [1.807, 2.05) is 30.7 Å². The molecule has 1 heterocycles. The predicted octanol–water partition coefficient (Wildman–Crippen LogP) is 5.28. The number of aromatic nitrogens is 2. The summed E-state index contributed by atoms with van der Waals surface area (Å²) < 4.78 is 1.96. The summed E-state index contributed by atoms with van der Waals surface area (Å²) >= 11 is 1.14. The number of benzene rings is 2. The van der Waals surface area contributed by atoms with Gasteiger partial charge in [-0.1, -0.05) is 29.8 Å². The summed E-state index contributed by atoms with van der Waals surface area (Å²) in [5.74, 6) is -0.222. The zero-order valence-electron chi connectivity index (χ0n) is 19.0. The average Bonchev–Trinajstić information content (AvgIpc) is 3.02. The number of nitrogens with one attached hydrogen (secondary N) is 1. The predicted molar refractivity (Wildman–Crippen MR) is 131 cm³/mol. The Morgan fingerprint density at radius 3 is 2.31 bits per heavy atom. The van der Waals surface area contributed by atoms with Crippen LogP contribution in [0.2, 0.25) is 0 Å². The number of amides is 2. The molecule has 1 aromatic heterocycles. The summed E-state index contributed by atoms with van der Waals surface area (Å²) in [6.45, 7) is 6.72. The van der Waals surface area contributed by atoms with Crippen LogP contribution >= 0.6 is 11.8 Å². The molecule has 166 valence electrons. The van der Waals surface area contributed by atoms with Crippen molar-refractivity contribution in [3.05, 3.63) is 82.7 Å². The third-order valence-corrected chi connectivity index (χ3v) is 6.03. The van der Waals surface area contributed by atoms with Gasteiger partial charge in [0.2, 0.25) is 5.91 Å². The highest BCUT2D eigenvalue weighted by Gasteiger charge is 2.10. The minimum absolute atomic E-state index is 0.0432. The van der Waals surface area contributed by atoms with Crippen molar-refractivity contribution in [2.75, 3.05) is 19.4 Å². The number of carbonyl (C=O) groups excluding carboxylic acids is 2. The summed E-state index contributed by atoms with van der Waals surface area (Å²) in [7, 11) is 3.43. The van der Waals surface area contributed by atoms with E-state index in [4.69, 9.17) is 0 Å². The van der Waals surface area contributed by atoms with E-state index in [9.17, 15) is 9.59 Å². The zero-order chi connectivity index (χ0) is 23.3. The normalized spacial score (nSPS) is 11.0. The Bertz CT molecular complexity index is 1130. The van der Waals surface area contributed by atoms with Crippen molar-refractivity contribution >= 4 is 34.7 Å². The Morgan fingerprint density at radius 2 is 1.69 bits per heavy atom. The van der Waals surface area contributed by atoms with Gasteiger partial charge in [0, 0.05) is 42.0 Å². The van der Waals surface area contributed by atoms with Crippen LogP contribution in [-0.4, -0.2) is 39.9 Å². The van der Waals surface area contributed by atoms with E-state index in [0.717, 1.165) is 33.6 Å². The molecule has 1 N–H and O–H groups in total. The highest BCUT2D eigenvalue weighted by atomic mass is 32.2. The Hall–Kier alpha value is -3.32. The first-order valence-corrected chi connectivity index (χ1v) is 11.1. The second-order valence-corrected chi connectivity index (χ2v) is 8.86. The van der Waals surface area contributed by atoms with Gasteiger partial charge >= 0.3 is 0 Å². The minimum Gasteiger partial charge on any atom is -0.339 e. The fraction of sp³-hybridized carbons (Fsp3) is 0.240.